The Balaban J connectivity index is 1.58. The topological polar surface area (TPSA) is 68.2 Å². The average Bonchev–Trinajstić information content (AvgIpc) is 3.17. The molecule has 0 saturated carbocycles. The van der Waals surface area contributed by atoms with Gasteiger partial charge in [0.25, 0.3) is 5.91 Å². The summed E-state index contributed by atoms with van der Waals surface area (Å²) < 4.78 is 11.9. The van der Waals surface area contributed by atoms with Gasteiger partial charge in [-0.25, -0.2) is 9.79 Å². The number of para-hydroxylation sites is 1. The molecule has 1 fully saturated rings. The zero-order valence-electron chi connectivity index (χ0n) is 19.2. The first kappa shape index (κ1) is 24.8. The molecule has 0 aliphatic carbocycles. The summed E-state index contributed by atoms with van der Waals surface area (Å²) in [4.78, 5) is 31.8. The molecule has 35 heavy (non-hydrogen) atoms. The number of benzene rings is 3. The van der Waals surface area contributed by atoms with Crippen molar-refractivity contribution in [2.75, 3.05) is 13.7 Å². The van der Waals surface area contributed by atoms with E-state index < -0.39 is 5.97 Å². The Morgan fingerprint density at radius 3 is 2.60 bits per heavy atom. The summed E-state index contributed by atoms with van der Waals surface area (Å²) in [5.41, 5.74) is 2.83. The van der Waals surface area contributed by atoms with Crippen molar-refractivity contribution in [1.29, 1.82) is 0 Å². The molecule has 8 heteroatoms. The van der Waals surface area contributed by atoms with Crippen LogP contribution < -0.4 is 4.74 Å². The number of nitrogens with zero attached hydrogens (tertiary/aromatic N) is 2. The van der Waals surface area contributed by atoms with E-state index in [1.165, 1.54) is 18.9 Å². The van der Waals surface area contributed by atoms with Gasteiger partial charge in [0.1, 0.15) is 12.4 Å². The predicted molar refractivity (Wildman–Crippen MR) is 143 cm³/mol. The Labute approximate surface area is 216 Å². The Morgan fingerprint density at radius 1 is 1.09 bits per heavy atom. The van der Waals surface area contributed by atoms with Gasteiger partial charge in [-0.05, 0) is 66.7 Å². The maximum atomic E-state index is 13.1. The number of methoxy groups -OCH3 is 1. The van der Waals surface area contributed by atoms with Crippen molar-refractivity contribution in [1.82, 2.24) is 4.90 Å². The van der Waals surface area contributed by atoms with E-state index in [1.54, 1.807) is 29.2 Å². The standard InChI is InChI=1S/C27H23BrN2O4S/c1-3-30-25(31)24(35-27(30)29-22-9-6-8-20(15-22)26(32)33-2)16-19-7-4-5-10-23(19)34-17-18-11-13-21(28)14-12-18/h4-16H,3,17H2,1-2H3. The lowest BCUT2D eigenvalue weighted by Gasteiger charge is -2.12. The summed E-state index contributed by atoms with van der Waals surface area (Å²) in [5.74, 6) is 0.133. The van der Waals surface area contributed by atoms with Gasteiger partial charge in [-0.3, -0.25) is 9.69 Å². The molecule has 1 aliphatic heterocycles. The number of aliphatic imine (C=N–C) groups is 1. The summed E-state index contributed by atoms with van der Waals surface area (Å²) >= 11 is 4.74. The highest BCUT2D eigenvalue weighted by Crippen LogP contribution is 2.35. The fourth-order valence-electron chi connectivity index (χ4n) is 3.42. The van der Waals surface area contributed by atoms with Crippen molar-refractivity contribution in [3.8, 4) is 5.75 Å². The molecule has 3 aromatic rings. The van der Waals surface area contributed by atoms with Crippen LogP contribution in [0, 0.1) is 0 Å². The van der Waals surface area contributed by atoms with Gasteiger partial charge in [0, 0.05) is 16.6 Å². The van der Waals surface area contributed by atoms with Gasteiger partial charge in [-0.2, -0.15) is 0 Å². The maximum Gasteiger partial charge on any atom is 0.337 e. The van der Waals surface area contributed by atoms with Gasteiger partial charge in [-0.15, -0.1) is 0 Å². The number of likely N-dealkylation sites (N-methyl/N-ethyl adjacent to an activating group) is 1. The minimum Gasteiger partial charge on any atom is -0.488 e. The third-order valence-corrected chi connectivity index (χ3v) is 6.74. The van der Waals surface area contributed by atoms with Crippen LogP contribution in [0.4, 0.5) is 5.69 Å². The Kier molecular flexibility index (Phi) is 8.05. The van der Waals surface area contributed by atoms with E-state index in [1.807, 2.05) is 61.5 Å². The normalized spacial score (nSPS) is 15.6. The summed E-state index contributed by atoms with van der Waals surface area (Å²) in [7, 11) is 1.34. The first-order valence-electron chi connectivity index (χ1n) is 10.9. The van der Waals surface area contributed by atoms with Gasteiger partial charge < -0.3 is 9.47 Å². The number of hydrogen-bond donors (Lipinski definition) is 0. The van der Waals surface area contributed by atoms with E-state index in [2.05, 4.69) is 20.9 Å². The molecule has 6 nitrogen and oxygen atoms in total. The highest BCUT2D eigenvalue weighted by molar-refractivity contribution is 9.10. The molecule has 1 amide bonds. The smallest absolute Gasteiger partial charge is 0.337 e. The fourth-order valence-corrected chi connectivity index (χ4v) is 4.73. The molecule has 0 unspecified atom stereocenters. The molecular formula is C27H23BrN2O4S. The second-order valence-electron chi connectivity index (χ2n) is 7.55. The first-order chi connectivity index (χ1) is 17.0. The maximum absolute atomic E-state index is 13.1. The molecule has 0 N–H and O–H groups in total. The molecule has 1 saturated heterocycles. The van der Waals surface area contributed by atoms with Crippen LogP contribution in [0.1, 0.15) is 28.4 Å². The van der Waals surface area contributed by atoms with E-state index in [-0.39, 0.29) is 5.91 Å². The number of amides is 1. The molecule has 0 atom stereocenters. The number of rotatable bonds is 7. The number of amidine groups is 1. The second kappa shape index (κ2) is 11.4. The Hall–Kier alpha value is -3.36. The van der Waals surface area contributed by atoms with Crippen LogP contribution >= 0.6 is 27.7 Å². The van der Waals surface area contributed by atoms with Crippen molar-refractivity contribution >= 4 is 56.5 Å². The van der Waals surface area contributed by atoms with Crippen molar-refractivity contribution in [3.63, 3.8) is 0 Å². The monoisotopic (exact) mass is 550 g/mol. The van der Waals surface area contributed by atoms with Crippen LogP contribution in [0.2, 0.25) is 0 Å². The largest absolute Gasteiger partial charge is 0.488 e. The molecule has 3 aromatic carbocycles. The highest BCUT2D eigenvalue weighted by Gasteiger charge is 2.32. The van der Waals surface area contributed by atoms with E-state index in [4.69, 9.17) is 9.47 Å². The zero-order valence-corrected chi connectivity index (χ0v) is 21.6. The number of carbonyl (C=O) groups excluding carboxylic acids is 2. The molecule has 1 aliphatic rings. The van der Waals surface area contributed by atoms with Crippen LogP contribution in [0.15, 0.2) is 87.2 Å². The molecule has 0 radical (unpaired) electrons. The number of thioether (sulfide) groups is 1. The fraction of sp³-hybridized carbons (Fsp3) is 0.148. The van der Waals surface area contributed by atoms with Crippen LogP contribution in [0.3, 0.4) is 0 Å². The van der Waals surface area contributed by atoms with E-state index in [0.29, 0.717) is 40.2 Å². The Bertz CT molecular complexity index is 1300. The Morgan fingerprint density at radius 2 is 1.86 bits per heavy atom. The molecule has 0 aromatic heterocycles. The van der Waals surface area contributed by atoms with E-state index >= 15 is 0 Å². The lowest BCUT2D eigenvalue weighted by Crippen LogP contribution is -2.28. The molecule has 0 bridgehead atoms. The number of hydrogen-bond acceptors (Lipinski definition) is 6. The van der Waals surface area contributed by atoms with Crippen LogP contribution in [-0.4, -0.2) is 35.6 Å². The molecular weight excluding hydrogens is 528 g/mol. The second-order valence-corrected chi connectivity index (χ2v) is 9.47. The van der Waals surface area contributed by atoms with E-state index in [0.717, 1.165) is 15.6 Å². The lowest BCUT2D eigenvalue weighted by molar-refractivity contribution is -0.122. The number of ether oxygens (including phenoxy) is 2. The number of carbonyl (C=O) groups is 2. The number of halogens is 1. The minimum absolute atomic E-state index is 0.122. The van der Waals surface area contributed by atoms with Gasteiger partial charge in [0.05, 0.1) is 23.3 Å². The van der Waals surface area contributed by atoms with Gasteiger partial charge >= 0.3 is 5.97 Å². The minimum atomic E-state index is -0.435. The summed E-state index contributed by atoms with van der Waals surface area (Å²) in [6, 6.07) is 22.4. The van der Waals surface area contributed by atoms with Gasteiger partial charge in [0.15, 0.2) is 5.17 Å². The first-order valence-corrected chi connectivity index (χ1v) is 12.5. The third kappa shape index (κ3) is 6.01. The van der Waals surface area contributed by atoms with Crippen molar-refractivity contribution in [2.24, 2.45) is 4.99 Å². The molecule has 4 rings (SSSR count). The molecule has 178 valence electrons. The zero-order chi connectivity index (χ0) is 24.8. The van der Waals surface area contributed by atoms with Gasteiger partial charge in [-0.1, -0.05) is 52.3 Å². The molecule has 0 spiro atoms. The van der Waals surface area contributed by atoms with Crippen LogP contribution in [0.25, 0.3) is 6.08 Å². The van der Waals surface area contributed by atoms with E-state index in [9.17, 15) is 9.59 Å². The quantitative estimate of drug-likeness (QED) is 0.250. The summed E-state index contributed by atoms with van der Waals surface area (Å²) in [6.07, 6.45) is 1.83. The van der Waals surface area contributed by atoms with Crippen LogP contribution in [0.5, 0.6) is 5.75 Å². The predicted octanol–water partition coefficient (Wildman–Crippen LogP) is 6.44. The SMILES string of the molecule is CCN1C(=O)C(=Cc2ccccc2OCc2ccc(Br)cc2)SC1=Nc1cccc(C(=O)OC)c1. The van der Waals surface area contributed by atoms with Crippen molar-refractivity contribution in [3.05, 3.63) is 98.9 Å². The highest BCUT2D eigenvalue weighted by atomic mass is 79.9. The van der Waals surface area contributed by atoms with Crippen molar-refractivity contribution in [2.45, 2.75) is 13.5 Å². The van der Waals surface area contributed by atoms with Crippen LogP contribution in [-0.2, 0) is 16.1 Å². The lowest BCUT2D eigenvalue weighted by atomic mass is 10.1. The summed E-state index contributed by atoms with van der Waals surface area (Å²) in [5, 5.41) is 0.555. The van der Waals surface area contributed by atoms with Crippen molar-refractivity contribution < 1.29 is 19.1 Å². The third-order valence-electron chi connectivity index (χ3n) is 5.21. The number of esters is 1. The average molecular weight is 551 g/mol. The molecule has 1 heterocycles. The summed E-state index contributed by atoms with van der Waals surface area (Å²) in [6.45, 7) is 2.79. The van der Waals surface area contributed by atoms with Gasteiger partial charge in [0.2, 0.25) is 0 Å².